The highest BCUT2D eigenvalue weighted by Crippen LogP contribution is 1.73. The van der Waals surface area contributed by atoms with Crippen molar-refractivity contribution in [3.05, 3.63) is 18.4 Å². The molecule has 0 nitrogen and oxygen atoms in total. The SMILES string of the molecule is C=C=CC#CCC#CCC. The van der Waals surface area contributed by atoms with Gasteiger partial charge in [0.1, 0.15) is 0 Å². The maximum atomic E-state index is 3.38. The van der Waals surface area contributed by atoms with Crippen LogP contribution in [0.2, 0.25) is 0 Å². The van der Waals surface area contributed by atoms with Crippen molar-refractivity contribution in [3.8, 4) is 23.7 Å². The van der Waals surface area contributed by atoms with Gasteiger partial charge in [-0.05, 0) is 0 Å². The molecule has 0 atom stereocenters. The first kappa shape index (κ1) is 8.64. The number of rotatable bonds is 0. The normalized spacial score (nSPS) is 5.70. The van der Waals surface area contributed by atoms with E-state index in [2.05, 4.69) is 36.0 Å². The highest BCUT2D eigenvalue weighted by Gasteiger charge is 1.62. The van der Waals surface area contributed by atoms with Crippen molar-refractivity contribution in [1.29, 1.82) is 0 Å². The zero-order valence-electron chi connectivity index (χ0n) is 6.20. The minimum Gasteiger partial charge on any atom is -0.120 e. The van der Waals surface area contributed by atoms with E-state index in [0.29, 0.717) is 6.42 Å². The molecular weight excluding hydrogens is 120 g/mol. The Labute approximate surface area is 62.6 Å². The number of allylic oxidation sites excluding steroid dienone is 1. The zero-order valence-corrected chi connectivity index (χ0v) is 6.20. The summed E-state index contributed by atoms with van der Waals surface area (Å²) in [4.78, 5) is 0. The van der Waals surface area contributed by atoms with Crippen LogP contribution in [0.15, 0.2) is 18.4 Å². The molecule has 0 saturated carbocycles. The van der Waals surface area contributed by atoms with Crippen LogP contribution in [0.25, 0.3) is 0 Å². The lowest BCUT2D eigenvalue weighted by Crippen LogP contribution is -1.58. The topological polar surface area (TPSA) is 0 Å². The summed E-state index contributed by atoms with van der Waals surface area (Å²) in [5.41, 5.74) is 2.56. The Morgan fingerprint density at radius 3 is 2.70 bits per heavy atom. The summed E-state index contributed by atoms with van der Waals surface area (Å²) in [5.74, 6) is 11.4. The third-order valence-corrected chi connectivity index (χ3v) is 0.755. The van der Waals surface area contributed by atoms with Gasteiger partial charge in [-0.25, -0.2) is 0 Å². The van der Waals surface area contributed by atoms with E-state index >= 15 is 0 Å². The Morgan fingerprint density at radius 1 is 1.30 bits per heavy atom. The Bertz CT molecular complexity index is 231. The van der Waals surface area contributed by atoms with Gasteiger partial charge in [-0.1, -0.05) is 31.3 Å². The molecule has 0 aliphatic rings. The third kappa shape index (κ3) is 6.64. The lowest BCUT2D eigenvalue weighted by molar-refractivity contribution is 1.27. The summed E-state index contributed by atoms with van der Waals surface area (Å²) in [6.07, 6.45) is 3.14. The van der Waals surface area contributed by atoms with Crippen molar-refractivity contribution in [3.63, 3.8) is 0 Å². The van der Waals surface area contributed by atoms with Gasteiger partial charge in [0, 0.05) is 12.5 Å². The maximum absolute atomic E-state index is 3.38. The Kier molecular flexibility index (Phi) is 6.60. The first-order valence-corrected chi connectivity index (χ1v) is 3.20. The third-order valence-electron chi connectivity index (χ3n) is 0.755. The molecule has 0 aliphatic heterocycles. The highest BCUT2D eigenvalue weighted by atomic mass is 13.7. The average molecular weight is 130 g/mol. The summed E-state index contributed by atoms with van der Waals surface area (Å²) in [6, 6.07) is 0. The predicted octanol–water partition coefficient (Wildman–Crippen LogP) is 2.13. The van der Waals surface area contributed by atoms with Crippen LogP contribution in [0.3, 0.4) is 0 Å². The van der Waals surface area contributed by atoms with Crippen LogP contribution in [0.5, 0.6) is 0 Å². The van der Waals surface area contributed by atoms with E-state index in [9.17, 15) is 0 Å². The van der Waals surface area contributed by atoms with Gasteiger partial charge in [-0.3, -0.25) is 0 Å². The Hall–Kier alpha value is -1.36. The van der Waals surface area contributed by atoms with Gasteiger partial charge < -0.3 is 0 Å². The van der Waals surface area contributed by atoms with Crippen molar-refractivity contribution in [1.82, 2.24) is 0 Å². The molecule has 10 heavy (non-hydrogen) atoms. The van der Waals surface area contributed by atoms with E-state index in [0.717, 1.165) is 6.42 Å². The van der Waals surface area contributed by atoms with Crippen LogP contribution in [0, 0.1) is 23.7 Å². The van der Waals surface area contributed by atoms with Gasteiger partial charge in [-0.15, -0.1) is 11.7 Å². The minimum atomic E-state index is 0.645. The molecule has 0 heteroatoms. The molecule has 0 spiro atoms. The lowest BCUT2D eigenvalue weighted by Gasteiger charge is -1.68. The van der Waals surface area contributed by atoms with Gasteiger partial charge in [0.2, 0.25) is 0 Å². The van der Waals surface area contributed by atoms with Gasteiger partial charge in [0.05, 0.1) is 6.42 Å². The second-order valence-corrected chi connectivity index (χ2v) is 1.55. The van der Waals surface area contributed by atoms with Crippen LogP contribution in [-0.2, 0) is 0 Å². The average Bonchev–Trinajstić information content (AvgIpc) is 1.97. The fraction of sp³-hybridized carbons (Fsp3) is 0.300. The van der Waals surface area contributed by atoms with Crippen LogP contribution < -0.4 is 0 Å². The summed E-state index contributed by atoms with van der Waals surface area (Å²) < 4.78 is 0. The number of hydrogen-bond donors (Lipinski definition) is 0. The molecule has 0 bridgehead atoms. The molecule has 0 radical (unpaired) electrons. The van der Waals surface area contributed by atoms with E-state index in [1.165, 1.54) is 0 Å². The largest absolute Gasteiger partial charge is 0.120 e. The van der Waals surface area contributed by atoms with Gasteiger partial charge >= 0.3 is 0 Å². The second kappa shape index (κ2) is 7.64. The number of hydrogen-bond acceptors (Lipinski definition) is 0. The van der Waals surface area contributed by atoms with Gasteiger partial charge in [0.15, 0.2) is 0 Å². The Morgan fingerprint density at radius 2 is 2.10 bits per heavy atom. The Balaban J connectivity index is 3.56. The molecule has 0 rings (SSSR count). The van der Waals surface area contributed by atoms with Crippen molar-refractivity contribution in [2.24, 2.45) is 0 Å². The molecule has 0 saturated heterocycles. The first-order chi connectivity index (χ1) is 4.91. The van der Waals surface area contributed by atoms with Gasteiger partial charge in [-0.2, -0.15) is 0 Å². The highest BCUT2D eigenvalue weighted by molar-refractivity contribution is 5.18. The van der Waals surface area contributed by atoms with E-state index in [4.69, 9.17) is 0 Å². The van der Waals surface area contributed by atoms with Crippen LogP contribution in [0.4, 0.5) is 0 Å². The van der Waals surface area contributed by atoms with E-state index < -0.39 is 0 Å². The quantitative estimate of drug-likeness (QED) is 0.348. The molecule has 0 amide bonds. The van der Waals surface area contributed by atoms with Crippen LogP contribution in [-0.4, -0.2) is 0 Å². The van der Waals surface area contributed by atoms with Gasteiger partial charge in [0.25, 0.3) is 0 Å². The van der Waals surface area contributed by atoms with Crippen molar-refractivity contribution in [2.75, 3.05) is 0 Å². The minimum absolute atomic E-state index is 0.645. The second-order valence-electron chi connectivity index (χ2n) is 1.55. The van der Waals surface area contributed by atoms with E-state index in [-0.39, 0.29) is 0 Å². The fourth-order valence-electron chi connectivity index (χ4n) is 0.385. The van der Waals surface area contributed by atoms with Crippen molar-refractivity contribution < 1.29 is 0 Å². The molecule has 50 valence electrons. The van der Waals surface area contributed by atoms with Crippen LogP contribution >= 0.6 is 0 Å². The fourth-order valence-corrected chi connectivity index (χ4v) is 0.385. The summed E-state index contributed by atoms with van der Waals surface area (Å²) in [6.45, 7) is 5.39. The standard InChI is InChI=1S/C10H10/c1-3-5-7-9-10-8-6-4-2/h5H,1,4,10H2,2H3. The van der Waals surface area contributed by atoms with E-state index in [1.54, 1.807) is 6.08 Å². The summed E-state index contributed by atoms with van der Waals surface area (Å²) in [7, 11) is 0. The molecule has 0 heterocycles. The smallest absolute Gasteiger partial charge is 0.0706 e. The monoisotopic (exact) mass is 130 g/mol. The molecular formula is C10H10. The van der Waals surface area contributed by atoms with Crippen LogP contribution in [0.1, 0.15) is 19.8 Å². The lowest BCUT2D eigenvalue weighted by atomic mass is 10.4. The zero-order chi connectivity index (χ0) is 7.66. The molecule has 0 aromatic carbocycles. The van der Waals surface area contributed by atoms with Crippen molar-refractivity contribution >= 4 is 0 Å². The molecule has 0 N–H and O–H groups in total. The molecule has 0 fully saturated rings. The molecule has 0 unspecified atom stereocenters. The first-order valence-electron chi connectivity index (χ1n) is 3.20. The van der Waals surface area contributed by atoms with E-state index in [1.807, 2.05) is 6.92 Å². The summed E-state index contributed by atoms with van der Waals surface area (Å²) >= 11 is 0. The summed E-state index contributed by atoms with van der Waals surface area (Å²) in [5, 5.41) is 0. The predicted molar refractivity (Wildman–Crippen MR) is 44.2 cm³/mol. The molecule has 0 aromatic heterocycles. The molecule has 0 aliphatic carbocycles. The van der Waals surface area contributed by atoms with Crippen molar-refractivity contribution in [2.45, 2.75) is 19.8 Å². The molecule has 0 aromatic rings. The maximum Gasteiger partial charge on any atom is 0.0706 e.